The number of fused-ring (bicyclic) bond motifs is 1. The minimum Gasteiger partial charge on any atom is -0.355 e. The van der Waals surface area contributed by atoms with Gasteiger partial charge in [0, 0.05) is 13.0 Å². The minimum atomic E-state index is 0.0265. The molecule has 1 aromatic heterocycles. The Morgan fingerprint density at radius 3 is 2.33 bits per heavy atom. The molecule has 4 nitrogen and oxygen atoms in total. The summed E-state index contributed by atoms with van der Waals surface area (Å²) in [5.41, 5.74) is 5.33. The fourth-order valence-corrected chi connectivity index (χ4v) is 3.14. The van der Waals surface area contributed by atoms with Crippen LogP contribution in [-0.2, 0) is 17.6 Å². The van der Waals surface area contributed by atoms with Gasteiger partial charge in [0.15, 0.2) is 0 Å². The molecule has 134 valence electrons. The molecule has 0 unspecified atom stereocenters. The molecule has 0 fully saturated rings. The Bertz CT molecular complexity index is 1000. The summed E-state index contributed by atoms with van der Waals surface area (Å²) < 4.78 is 0. The van der Waals surface area contributed by atoms with Gasteiger partial charge < -0.3 is 10.3 Å². The van der Waals surface area contributed by atoms with Crippen LogP contribution in [0.1, 0.15) is 11.4 Å². The summed E-state index contributed by atoms with van der Waals surface area (Å²) in [6, 6.07) is 26.3. The zero-order valence-electron chi connectivity index (χ0n) is 15.0. The summed E-state index contributed by atoms with van der Waals surface area (Å²) in [4.78, 5) is 20.0. The summed E-state index contributed by atoms with van der Waals surface area (Å²) in [5.74, 6) is 0.919. The lowest BCUT2D eigenvalue weighted by molar-refractivity contribution is -0.120. The fraction of sp³-hybridized carbons (Fsp3) is 0.130. The number of rotatable bonds is 6. The molecule has 0 saturated heterocycles. The number of hydrogen-bond acceptors (Lipinski definition) is 2. The number of nitrogens with zero attached hydrogens (tertiary/aromatic N) is 1. The standard InChI is InChI=1S/C23H21N3O/c27-23(24-15-14-22-25-20-8-4-5-9-21(20)26-22)16-17-10-12-19(13-11-17)18-6-2-1-3-7-18/h1-13H,14-16H2,(H,24,27)(H,25,26). The van der Waals surface area contributed by atoms with E-state index in [-0.39, 0.29) is 5.91 Å². The predicted octanol–water partition coefficient (Wildman–Crippen LogP) is 4.13. The van der Waals surface area contributed by atoms with E-state index in [0.717, 1.165) is 28.0 Å². The maximum absolute atomic E-state index is 12.2. The maximum Gasteiger partial charge on any atom is 0.224 e. The molecule has 4 rings (SSSR count). The smallest absolute Gasteiger partial charge is 0.224 e. The lowest BCUT2D eigenvalue weighted by atomic mass is 10.0. The van der Waals surface area contributed by atoms with E-state index in [0.29, 0.717) is 19.4 Å². The fourth-order valence-electron chi connectivity index (χ4n) is 3.14. The van der Waals surface area contributed by atoms with Crippen molar-refractivity contribution in [3.63, 3.8) is 0 Å². The van der Waals surface area contributed by atoms with Crippen LogP contribution in [0.25, 0.3) is 22.2 Å². The minimum absolute atomic E-state index is 0.0265. The molecule has 0 atom stereocenters. The van der Waals surface area contributed by atoms with Gasteiger partial charge in [-0.2, -0.15) is 0 Å². The Labute approximate surface area is 158 Å². The highest BCUT2D eigenvalue weighted by molar-refractivity contribution is 5.79. The van der Waals surface area contributed by atoms with Crippen molar-refractivity contribution in [1.82, 2.24) is 15.3 Å². The van der Waals surface area contributed by atoms with Crippen LogP contribution in [0.15, 0.2) is 78.9 Å². The molecule has 0 saturated carbocycles. The van der Waals surface area contributed by atoms with Gasteiger partial charge in [0.25, 0.3) is 0 Å². The van der Waals surface area contributed by atoms with Crippen molar-refractivity contribution in [3.05, 3.63) is 90.3 Å². The summed E-state index contributed by atoms with van der Waals surface area (Å²) in [6.07, 6.45) is 1.07. The molecule has 3 aromatic carbocycles. The topological polar surface area (TPSA) is 57.8 Å². The molecule has 4 heteroatoms. The molecule has 0 spiro atoms. The number of carbonyl (C=O) groups excluding carboxylic acids is 1. The predicted molar refractivity (Wildman–Crippen MR) is 108 cm³/mol. The molecule has 1 amide bonds. The lowest BCUT2D eigenvalue weighted by Crippen LogP contribution is -2.27. The number of carbonyl (C=O) groups is 1. The van der Waals surface area contributed by atoms with Gasteiger partial charge in [0.05, 0.1) is 17.5 Å². The van der Waals surface area contributed by atoms with Crippen molar-refractivity contribution in [3.8, 4) is 11.1 Å². The lowest BCUT2D eigenvalue weighted by Gasteiger charge is -2.06. The quantitative estimate of drug-likeness (QED) is 0.546. The Morgan fingerprint density at radius 2 is 1.56 bits per heavy atom. The van der Waals surface area contributed by atoms with E-state index < -0.39 is 0 Å². The number of para-hydroxylation sites is 2. The Morgan fingerprint density at radius 1 is 0.852 bits per heavy atom. The molecule has 0 aliphatic carbocycles. The highest BCUT2D eigenvalue weighted by atomic mass is 16.1. The van der Waals surface area contributed by atoms with Crippen LogP contribution in [0.2, 0.25) is 0 Å². The first-order valence-electron chi connectivity index (χ1n) is 9.12. The van der Waals surface area contributed by atoms with Crippen LogP contribution in [0.4, 0.5) is 0 Å². The van der Waals surface area contributed by atoms with Crippen molar-refractivity contribution in [2.75, 3.05) is 6.54 Å². The average molecular weight is 355 g/mol. The third kappa shape index (κ3) is 4.23. The number of aromatic amines is 1. The molecule has 0 aliphatic rings. The van der Waals surface area contributed by atoms with E-state index >= 15 is 0 Å². The first kappa shape index (κ1) is 17.0. The number of benzene rings is 3. The number of imidazole rings is 1. The van der Waals surface area contributed by atoms with Gasteiger partial charge in [-0.1, -0.05) is 66.7 Å². The van der Waals surface area contributed by atoms with Crippen LogP contribution < -0.4 is 5.32 Å². The molecule has 0 bridgehead atoms. The Balaban J connectivity index is 1.29. The van der Waals surface area contributed by atoms with Crippen molar-refractivity contribution >= 4 is 16.9 Å². The SMILES string of the molecule is O=C(Cc1ccc(-c2ccccc2)cc1)NCCc1nc2ccccc2[nH]1. The number of amides is 1. The number of hydrogen-bond donors (Lipinski definition) is 2. The monoisotopic (exact) mass is 355 g/mol. The highest BCUT2D eigenvalue weighted by Gasteiger charge is 2.06. The van der Waals surface area contributed by atoms with Gasteiger partial charge >= 0.3 is 0 Å². The molecule has 2 N–H and O–H groups in total. The van der Waals surface area contributed by atoms with Crippen LogP contribution >= 0.6 is 0 Å². The van der Waals surface area contributed by atoms with Crippen molar-refractivity contribution in [1.29, 1.82) is 0 Å². The van der Waals surface area contributed by atoms with Crippen LogP contribution in [0.5, 0.6) is 0 Å². The van der Waals surface area contributed by atoms with Gasteiger partial charge in [-0.15, -0.1) is 0 Å². The van der Waals surface area contributed by atoms with E-state index in [2.05, 4.69) is 39.6 Å². The molecule has 1 heterocycles. The van der Waals surface area contributed by atoms with Crippen molar-refractivity contribution < 1.29 is 4.79 Å². The summed E-state index contributed by atoms with van der Waals surface area (Å²) in [6.45, 7) is 0.570. The zero-order chi connectivity index (χ0) is 18.5. The van der Waals surface area contributed by atoms with E-state index in [1.807, 2.05) is 54.6 Å². The van der Waals surface area contributed by atoms with Gasteiger partial charge in [-0.3, -0.25) is 4.79 Å². The second-order valence-corrected chi connectivity index (χ2v) is 6.54. The molecule has 0 aliphatic heterocycles. The second-order valence-electron chi connectivity index (χ2n) is 6.54. The first-order valence-corrected chi connectivity index (χ1v) is 9.12. The van der Waals surface area contributed by atoms with E-state index in [4.69, 9.17) is 0 Å². The van der Waals surface area contributed by atoms with Gasteiger partial charge in [-0.25, -0.2) is 4.98 Å². The van der Waals surface area contributed by atoms with Gasteiger partial charge in [0.1, 0.15) is 5.82 Å². The largest absolute Gasteiger partial charge is 0.355 e. The molecule has 4 aromatic rings. The summed E-state index contributed by atoms with van der Waals surface area (Å²) >= 11 is 0. The van der Waals surface area contributed by atoms with E-state index in [9.17, 15) is 4.79 Å². The second kappa shape index (κ2) is 7.87. The molecule has 27 heavy (non-hydrogen) atoms. The molecule has 0 radical (unpaired) electrons. The Kier molecular flexibility index (Phi) is 4.97. The summed E-state index contributed by atoms with van der Waals surface area (Å²) in [5, 5.41) is 2.97. The van der Waals surface area contributed by atoms with Crippen LogP contribution in [-0.4, -0.2) is 22.4 Å². The first-order chi connectivity index (χ1) is 13.3. The number of H-pyrrole nitrogens is 1. The average Bonchev–Trinajstić information content (AvgIpc) is 3.12. The van der Waals surface area contributed by atoms with Crippen molar-refractivity contribution in [2.24, 2.45) is 0 Å². The van der Waals surface area contributed by atoms with Gasteiger partial charge in [0.2, 0.25) is 5.91 Å². The molecular formula is C23H21N3O. The highest BCUT2D eigenvalue weighted by Crippen LogP contribution is 2.19. The van der Waals surface area contributed by atoms with Crippen molar-refractivity contribution in [2.45, 2.75) is 12.8 Å². The maximum atomic E-state index is 12.2. The number of aromatic nitrogens is 2. The van der Waals surface area contributed by atoms with Gasteiger partial charge in [-0.05, 0) is 28.8 Å². The zero-order valence-corrected chi connectivity index (χ0v) is 15.0. The number of nitrogens with one attached hydrogen (secondary N) is 2. The van der Waals surface area contributed by atoms with Crippen LogP contribution in [0.3, 0.4) is 0 Å². The summed E-state index contributed by atoms with van der Waals surface area (Å²) in [7, 11) is 0. The van der Waals surface area contributed by atoms with E-state index in [1.165, 1.54) is 5.56 Å². The molecular weight excluding hydrogens is 334 g/mol. The third-order valence-electron chi connectivity index (χ3n) is 4.55. The Hall–Kier alpha value is -3.40. The third-order valence-corrected chi connectivity index (χ3v) is 4.55. The van der Waals surface area contributed by atoms with Crippen LogP contribution in [0, 0.1) is 0 Å². The normalized spacial score (nSPS) is 10.8. The van der Waals surface area contributed by atoms with E-state index in [1.54, 1.807) is 0 Å².